The Morgan fingerprint density at radius 3 is 2.31 bits per heavy atom. The van der Waals surface area contributed by atoms with E-state index in [2.05, 4.69) is 0 Å². The second-order valence-electron chi connectivity index (χ2n) is 7.10. The molecule has 2 aromatic carbocycles. The minimum Gasteiger partial charge on any atom is -0.303 e. The van der Waals surface area contributed by atoms with Gasteiger partial charge in [-0.1, -0.05) is 48.0 Å². The first-order chi connectivity index (χ1) is 12.5. The molecule has 0 amide bonds. The Labute approximate surface area is 155 Å². The highest BCUT2D eigenvalue weighted by Crippen LogP contribution is 2.39. The van der Waals surface area contributed by atoms with Crippen LogP contribution in [0.15, 0.2) is 59.5 Å². The molecule has 0 aliphatic heterocycles. The average Bonchev–Trinajstić information content (AvgIpc) is 3.47. The number of rotatable bonds is 9. The van der Waals surface area contributed by atoms with Crippen molar-refractivity contribution in [2.24, 2.45) is 11.8 Å². The molecule has 0 saturated heterocycles. The molecular formula is C21H25NO3S. The van der Waals surface area contributed by atoms with E-state index in [0.717, 1.165) is 30.3 Å². The molecule has 1 saturated carbocycles. The smallest absolute Gasteiger partial charge is 0.243 e. The second kappa shape index (κ2) is 8.14. The van der Waals surface area contributed by atoms with Crippen molar-refractivity contribution < 1.29 is 13.2 Å². The first-order valence-corrected chi connectivity index (χ1v) is 10.5. The van der Waals surface area contributed by atoms with Gasteiger partial charge in [-0.3, -0.25) is 0 Å². The molecule has 1 atom stereocenters. The molecule has 138 valence electrons. The number of nitrogens with zero attached hydrogens (tertiary/aromatic N) is 1. The lowest BCUT2D eigenvalue weighted by Gasteiger charge is -2.26. The summed E-state index contributed by atoms with van der Waals surface area (Å²) in [5.74, 6) is 0.558. The highest BCUT2D eigenvalue weighted by atomic mass is 32.2. The van der Waals surface area contributed by atoms with E-state index in [1.807, 2.05) is 49.4 Å². The Hall–Kier alpha value is -1.98. The SMILES string of the molecule is Cc1ccc(S(=O)(=O)N(Cc2ccccc2)C[C@@H](CC=O)C2CC2)cc1. The lowest BCUT2D eigenvalue weighted by atomic mass is 10.0. The summed E-state index contributed by atoms with van der Waals surface area (Å²) in [6, 6.07) is 16.6. The lowest BCUT2D eigenvalue weighted by Crippen LogP contribution is -2.35. The molecule has 0 heterocycles. The molecule has 1 fully saturated rings. The van der Waals surface area contributed by atoms with Crippen molar-refractivity contribution in [3.8, 4) is 0 Å². The lowest BCUT2D eigenvalue weighted by molar-refractivity contribution is -0.108. The van der Waals surface area contributed by atoms with Crippen LogP contribution in [-0.4, -0.2) is 25.6 Å². The van der Waals surface area contributed by atoms with Crippen LogP contribution in [0.5, 0.6) is 0 Å². The van der Waals surface area contributed by atoms with Crippen LogP contribution in [-0.2, 0) is 21.4 Å². The van der Waals surface area contributed by atoms with Crippen molar-refractivity contribution in [3.63, 3.8) is 0 Å². The first kappa shape index (κ1) is 18.8. The first-order valence-electron chi connectivity index (χ1n) is 9.05. The van der Waals surface area contributed by atoms with E-state index in [1.165, 1.54) is 0 Å². The standard InChI is InChI=1S/C21H25NO3S/c1-17-7-11-21(12-8-17)26(24,25)22(15-18-5-3-2-4-6-18)16-20(13-14-23)19-9-10-19/h2-8,11-12,14,19-20H,9-10,13,15-16H2,1H3/t20-/m1/s1. The van der Waals surface area contributed by atoms with Crippen LogP contribution in [0, 0.1) is 18.8 Å². The number of hydrogen-bond acceptors (Lipinski definition) is 3. The maximum Gasteiger partial charge on any atom is 0.243 e. The third-order valence-electron chi connectivity index (χ3n) is 4.99. The molecule has 0 spiro atoms. The summed E-state index contributed by atoms with van der Waals surface area (Å²) < 4.78 is 28.1. The Morgan fingerprint density at radius 2 is 1.73 bits per heavy atom. The molecule has 0 bridgehead atoms. The summed E-state index contributed by atoms with van der Waals surface area (Å²) >= 11 is 0. The number of aryl methyl sites for hydroxylation is 1. The van der Waals surface area contributed by atoms with Crippen LogP contribution in [0.25, 0.3) is 0 Å². The molecule has 0 aromatic heterocycles. The van der Waals surface area contributed by atoms with Crippen LogP contribution < -0.4 is 0 Å². The third kappa shape index (κ3) is 4.59. The normalized spacial score (nSPS) is 15.8. The highest BCUT2D eigenvalue weighted by molar-refractivity contribution is 7.89. The number of carbonyl (C=O) groups excluding carboxylic acids is 1. The predicted molar refractivity (Wildman–Crippen MR) is 102 cm³/mol. The third-order valence-corrected chi connectivity index (χ3v) is 6.81. The monoisotopic (exact) mass is 371 g/mol. The molecule has 26 heavy (non-hydrogen) atoms. The fourth-order valence-electron chi connectivity index (χ4n) is 3.26. The van der Waals surface area contributed by atoms with Crippen molar-refractivity contribution >= 4 is 16.3 Å². The molecule has 1 aliphatic carbocycles. The van der Waals surface area contributed by atoms with E-state index >= 15 is 0 Å². The Morgan fingerprint density at radius 1 is 1.08 bits per heavy atom. The number of carbonyl (C=O) groups is 1. The van der Waals surface area contributed by atoms with Gasteiger partial charge in [-0.25, -0.2) is 8.42 Å². The van der Waals surface area contributed by atoms with E-state index in [-0.39, 0.29) is 5.92 Å². The van der Waals surface area contributed by atoms with Crippen LogP contribution in [0.3, 0.4) is 0 Å². The van der Waals surface area contributed by atoms with Crippen molar-refractivity contribution in [1.29, 1.82) is 0 Å². The van der Waals surface area contributed by atoms with Crippen LogP contribution >= 0.6 is 0 Å². The van der Waals surface area contributed by atoms with Gasteiger partial charge in [0.05, 0.1) is 4.90 Å². The second-order valence-corrected chi connectivity index (χ2v) is 9.03. The van der Waals surface area contributed by atoms with Gasteiger partial charge < -0.3 is 4.79 Å². The molecule has 3 rings (SSSR count). The Bertz CT molecular complexity index is 827. The molecule has 5 heteroatoms. The highest BCUT2D eigenvalue weighted by Gasteiger charge is 2.35. The van der Waals surface area contributed by atoms with Gasteiger partial charge in [-0.05, 0) is 49.3 Å². The van der Waals surface area contributed by atoms with Gasteiger partial charge in [-0.15, -0.1) is 0 Å². The summed E-state index contributed by atoms with van der Waals surface area (Å²) in [4.78, 5) is 11.4. The van der Waals surface area contributed by atoms with Crippen molar-refractivity contribution in [3.05, 3.63) is 65.7 Å². The van der Waals surface area contributed by atoms with E-state index in [4.69, 9.17) is 0 Å². The van der Waals surface area contributed by atoms with Gasteiger partial charge in [-0.2, -0.15) is 4.31 Å². The Kier molecular flexibility index (Phi) is 5.89. The summed E-state index contributed by atoms with van der Waals surface area (Å²) in [7, 11) is -3.62. The Balaban J connectivity index is 1.90. The molecule has 0 unspecified atom stereocenters. The van der Waals surface area contributed by atoms with Crippen molar-refractivity contribution in [2.75, 3.05) is 6.54 Å². The molecular weight excluding hydrogens is 346 g/mol. The van der Waals surface area contributed by atoms with E-state index in [9.17, 15) is 13.2 Å². The largest absolute Gasteiger partial charge is 0.303 e. The van der Waals surface area contributed by atoms with Crippen molar-refractivity contribution in [2.45, 2.75) is 37.6 Å². The topological polar surface area (TPSA) is 54.5 Å². The van der Waals surface area contributed by atoms with Gasteiger partial charge in [0.15, 0.2) is 0 Å². The van der Waals surface area contributed by atoms with Crippen LogP contribution in [0.2, 0.25) is 0 Å². The zero-order valence-corrected chi connectivity index (χ0v) is 15.9. The number of aldehydes is 1. The van der Waals surface area contributed by atoms with Crippen LogP contribution in [0.4, 0.5) is 0 Å². The van der Waals surface area contributed by atoms with E-state index in [0.29, 0.717) is 30.3 Å². The predicted octanol–water partition coefficient (Wildman–Crippen LogP) is 3.80. The fourth-order valence-corrected chi connectivity index (χ4v) is 4.75. The summed E-state index contributed by atoms with van der Waals surface area (Å²) in [5.41, 5.74) is 1.97. The maximum atomic E-state index is 13.3. The number of hydrogen-bond donors (Lipinski definition) is 0. The van der Waals surface area contributed by atoms with Gasteiger partial charge in [0.25, 0.3) is 0 Å². The minimum absolute atomic E-state index is 0.0939. The van der Waals surface area contributed by atoms with Crippen LogP contribution in [0.1, 0.15) is 30.4 Å². The van der Waals surface area contributed by atoms with Crippen molar-refractivity contribution in [1.82, 2.24) is 4.31 Å². The minimum atomic E-state index is -3.62. The summed E-state index contributed by atoms with van der Waals surface area (Å²) in [5, 5.41) is 0. The fraction of sp³-hybridized carbons (Fsp3) is 0.381. The molecule has 0 N–H and O–H groups in total. The summed E-state index contributed by atoms with van der Waals surface area (Å²) in [6.45, 7) is 2.64. The van der Waals surface area contributed by atoms with Gasteiger partial charge in [0, 0.05) is 19.5 Å². The quantitative estimate of drug-likeness (QED) is 0.630. The van der Waals surface area contributed by atoms with E-state index < -0.39 is 10.0 Å². The summed E-state index contributed by atoms with van der Waals surface area (Å²) in [6.07, 6.45) is 3.51. The zero-order valence-electron chi connectivity index (χ0n) is 15.0. The maximum absolute atomic E-state index is 13.3. The average molecular weight is 372 g/mol. The van der Waals surface area contributed by atoms with Gasteiger partial charge in [0.2, 0.25) is 10.0 Å². The number of benzene rings is 2. The van der Waals surface area contributed by atoms with Gasteiger partial charge in [0.1, 0.15) is 6.29 Å². The molecule has 4 nitrogen and oxygen atoms in total. The number of sulfonamides is 1. The molecule has 1 aliphatic rings. The molecule has 2 aromatic rings. The van der Waals surface area contributed by atoms with Gasteiger partial charge >= 0.3 is 0 Å². The zero-order chi connectivity index (χ0) is 18.6. The molecule has 0 radical (unpaired) electrons. The van der Waals surface area contributed by atoms with E-state index in [1.54, 1.807) is 16.4 Å².